The Morgan fingerprint density at radius 1 is 0.966 bits per heavy atom. The number of anilines is 1. The van der Waals surface area contributed by atoms with Crippen LogP contribution in [0.5, 0.6) is 17.2 Å². The number of hydrogen-bond acceptors (Lipinski definition) is 5. The van der Waals surface area contributed by atoms with E-state index in [9.17, 15) is 4.79 Å². The molecular weight excluding hydrogens is 409 g/mol. The molecule has 0 saturated heterocycles. The number of rotatable bonds is 8. The van der Waals surface area contributed by atoms with Crippen molar-refractivity contribution in [1.82, 2.24) is 0 Å². The molecule has 29 heavy (non-hydrogen) atoms. The predicted molar refractivity (Wildman–Crippen MR) is 118 cm³/mol. The van der Waals surface area contributed by atoms with Gasteiger partial charge < -0.3 is 14.3 Å². The molecule has 1 heterocycles. The van der Waals surface area contributed by atoms with E-state index in [1.807, 2.05) is 68.2 Å². The van der Waals surface area contributed by atoms with Crippen LogP contribution < -0.4 is 14.6 Å². The number of nitrogens with zero attached hydrogens (tertiary/aromatic N) is 1. The predicted octanol–water partition coefficient (Wildman–Crippen LogP) is 6.30. The topological polar surface area (TPSA) is 48.0 Å². The Balaban J connectivity index is 1.93. The molecule has 0 aliphatic heterocycles. The van der Waals surface area contributed by atoms with Gasteiger partial charge in [0.15, 0.2) is 17.5 Å². The normalized spacial score (nSPS) is 12.0. The van der Waals surface area contributed by atoms with E-state index in [4.69, 9.17) is 25.9 Å². The van der Waals surface area contributed by atoms with Gasteiger partial charge in [-0.15, -0.1) is 8.19 Å². The van der Waals surface area contributed by atoms with Gasteiger partial charge in [-0.1, -0.05) is 41.9 Å². The number of para-hydroxylation sites is 2. The molecular formula is C22H23ClNO4P. The van der Waals surface area contributed by atoms with Crippen molar-refractivity contribution >= 4 is 31.2 Å². The highest BCUT2D eigenvalue weighted by Gasteiger charge is 2.29. The first-order valence-electron chi connectivity index (χ1n) is 9.28. The van der Waals surface area contributed by atoms with E-state index < -0.39 is 6.04 Å². The summed E-state index contributed by atoms with van der Waals surface area (Å²) in [6.07, 6.45) is -0.222. The number of esters is 1. The number of carbonyl (C=O) groups excluding carboxylic acids is 1. The molecule has 0 aliphatic rings. The number of hydrogen-bond donors (Lipinski definition) is 0. The Morgan fingerprint density at radius 3 is 2.34 bits per heavy atom. The molecule has 0 spiro atoms. The molecule has 7 heteroatoms. The van der Waals surface area contributed by atoms with Crippen LogP contribution in [0.3, 0.4) is 0 Å². The van der Waals surface area contributed by atoms with Gasteiger partial charge in [-0.3, -0.25) is 0 Å². The van der Waals surface area contributed by atoms with Crippen LogP contribution in [0, 0.1) is 0 Å². The summed E-state index contributed by atoms with van der Waals surface area (Å²) in [6, 6.07) is 17.7. The van der Waals surface area contributed by atoms with Crippen LogP contribution in [-0.2, 0) is 9.53 Å². The lowest BCUT2D eigenvalue weighted by molar-refractivity contribution is -0.149. The van der Waals surface area contributed by atoms with Crippen LogP contribution in [0.2, 0.25) is 5.02 Å². The van der Waals surface area contributed by atoms with Crippen LogP contribution >= 0.6 is 19.8 Å². The molecule has 3 rings (SSSR count). The third-order valence-electron chi connectivity index (χ3n) is 3.96. The highest BCUT2D eigenvalue weighted by molar-refractivity contribution is 7.34. The second-order valence-corrected chi connectivity index (χ2v) is 8.12. The van der Waals surface area contributed by atoms with E-state index in [0.29, 0.717) is 22.3 Å². The van der Waals surface area contributed by atoms with Crippen molar-refractivity contribution in [3.8, 4) is 17.2 Å². The minimum absolute atomic E-state index is 0.222. The minimum Gasteiger partial charge on any atom is -0.461 e. The third-order valence-corrected chi connectivity index (χ3v) is 5.34. The Morgan fingerprint density at radius 2 is 1.66 bits per heavy atom. The zero-order valence-corrected chi connectivity index (χ0v) is 18.2. The molecule has 5 nitrogen and oxygen atoms in total. The first-order valence-corrected chi connectivity index (χ1v) is 10.7. The smallest absolute Gasteiger partial charge is 0.332 e. The molecule has 3 aromatic rings. The number of carbonyl (C=O) groups is 1. The first kappa shape index (κ1) is 21.1. The molecule has 0 N–H and O–H groups in total. The molecule has 0 aliphatic carbocycles. The summed E-state index contributed by atoms with van der Waals surface area (Å²) in [5, 5.41) is 2.07. The highest BCUT2D eigenvalue weighted by atomic mass is 35.5. The molecule has 2 unspecified atom stereocenters. The van der Waals surface area contributed by atoms with Crippen molar-refractivity contribution in [2.45, 2.75) is 32.9 Å². The second kappa shape index (κ2) is 9.73. The Labute approximate surface area is 177 Å². The summed E-state index contributed by atoms with van der Waals surface area (Å²) in [4.78, 5) is 18.7. The quantitative estimate of drug-likeness (QED) is 0.309. The zero-order chi connectivity index (χ0) is 20.8. The van der Waals surface area contributed by atoms with Crippen LogP contribution in [0.4, 0.5) is 5.42 Å². The fourth-order valence-electron chi connectivity index (χ4n) is 2.59. The maximum atomic E-state index is 12.6. The number of hydroxylamine groups is 1. The van der Waals surface area contributed by atoms with E-state index in [1.165, 1.54) is 0 Å². The van der Waals surface area contributed by atoms with Crippen LogP contribution in [-0.4, -0.2) is 18.1 Å². The highest BCUT2D eigenvalue weighted by Crippen LogP contribution is 2.43. The third kappa shape index (κ3) is 5.47. The molecule has 0 radical (unpaired) electrons. The maximum absolute atomic E-state index is 12.6. The van der Waals surface area contributed by atoms with Crippen molar-refractivity contribution in [3.63, 3.8) is 0 Å². The first-order chi connectivity index (χ1) is 14.0. The fourth-order valence-corrected chi connectivity index (χ4v) is 3.80. The molecule has 0 fully saturated rings. The summed E-state index contributed by atoms with van der Waals surface area (Å²) in [6.45, 7) is 5.38. The van der Waals surface area contributed by atoms with Crippen LogP contribution in [0.25, 0.3) is 0 Å². The van der Waals surface area contributed by atoms with E-state index in [2.05, 4.69) is 0 Å². The Bertz CT molecular complexity index is 945. The standard InChI is InChI=1S/C22H23ClNO4P/c1-15(2)26-22(25)16(3)24(28-17-9-5-4-6-10-17)21-20(13-14-29-21)27-19-12-8-7-11-18(19)23/h4-16,29H,1-3H3. The van der Waals surface area contributed by atoms with Gasteiger partial charge >= 0.3 is 5.97 Å². The summed E-state index contributed by atoms with van der Waals surface area (Å²) >= 11 is 6.24. The van der Waals surface area contributed by atoms with Crippen molar-refractivity contribution in [2.75, 3.05) is 5.06 Å². The van der Waals surface area contributed by atoms with Gasteiger partial charge in [-0.2, -0.15) is 5.06 Å². The fraction of sp³-hybridized carbons (Fsp3) is 0.227. The average Bonchev–Trinajstić information content (AvgIpc) is 3.15. The largest absolute Gasteiger partial charge is 0.461 e. The monoisotopic (exact) mass is 431 g/mol. The second-order valence-electron chi connectivity index (χ2n) is 6.61. The Hall–Kier alpha value is -2.62. The van der Waals surface area contributed by atoms with Gasteiger partial charge in [0, 0.05) is 0 Å². The van der Waals surface area contributed by atoms with Crippen LogP contribution in [0.1, 0.15) is 20.8 Å². The van der Waals surface area contributed by atoms with E-state index >= 15 is 0 Å². The molecule has 1 aromatic heterocycles. The van der Waals surface area contributed by atoms with E-state index in [1.54, 1.807) is 24.1 Å². The average molecular weight is 432 g/mol. The summed E-state index contributed by atoms with van der Waals surface area (Å²) in [5.74, 6) is 3.32. The molecule has 152 valence electrons. The summed E-state index contributed by atoms with van der Waals surface area (Å²) < 4.78 is 11.4. The maximum Gasteiger partial charge on any atom is 0.332 e. The molecule has 0 amide bonds. The van der Waals surface area contributed by atoms with Gasteiger partial charge in [-0.05, 0) is 56.9 Å². The summed E-state index contributed by atoms with van der Waals surface area (Å²) in [7, 11) is 0.266. The van der Waals surface area contributed by atoms with Gasteiger partial charge in [0.25, 0.3) is 0 Å². The van der Waals surface area contributed by atoms with Crippen molar-refractivity contribution < 1.29 is 19.1 Å². The number of ether oxygens (including phenoxy) is 2. The van der Waals surface area contributed by atoms with Gasteiger partial charge in [-0.25, -0.2) is 4.79 Å². The van der Waals surface area contributed by atoms with E-state index in [0.717, 1.165) is 5.42 Å². The van der Waals surface area contributed by atoms with Crippen molar-refractivity contribution in [3.05, 3.63) is 71.5 Å². The minimum atomic E-state index is -0.676. The molecule has 0 bridgehead atoms. The lowest BCUT2D eigenvalue weighted by Crippen LogP contribution is -2.43. The lowest BCUT2D eigenvalue weighted by Gasteiger charge is -2.29. The SMILES string of the molecule is CC(C)OC(=O)C(C)N(Oc1ccccc1)c1[pH]ccc1Oc1ccccc1Cl. The summed E-state index contributed by atoms with van der Waals surface area (Å²) in [5.41, 5.74) is 0.738. The van der Waals surface area contributed by atoms with Gasteiger partial charge in [0.1, 0.15) is 11.2 Å². The zero-order valence-electron chi connectivity index (χ0n) is 16.5. The van der Waals surface area contributed by atoms with Crippen molar-refractivity contribution in [2.24, 2.45) is 0 Å². The van der Waals surface area contributed by atoms with Gasteiger partial charge in [0.2, 0.25) is 0 Å². The van der Waals surface area contributed by atoms with E-state index in [-0.39, 0.29) is 20.3 Å². The van der Waals surface area contributed by atoms with Crippen molar-refractivity contribution in [1.29, 1.82) is 0 Å². The van der Waals surface area contributed by atoms with Gasteiger partial charge in [0.05, 0.1) is 11.1 Å². The molecule has 2 aromatic carbocycles. The molecule has 2 atom stereocenters. The Kier molecular flexibility index (Phi) is 7.08. The number of halogens is 1. The molecule has 0 saturated carbocycles. The number of benzene rings is 2. The lowest BCUT2D eigenvalue weighted by atomic mass is 10.3. The van der Waals surface area contributed by atoms with Crippen LogP contribution in [0.15, 0.2) is 66.5 Å².